The predicted molar refractivity (Wildman–Crippen MR) is 126 cm³/mol. The minimum absolute atomic E-state index is 0.152. The zero-order chi connectivity index (χ0) is 22.6. The van der Waals surface area contributed by atoms with Crippen molar-refractivity contribution in [1.29, 1.82) is 0 Å². The van der Waals surface area contributed by atoms with E-state index < -0.39 is 5.79 Å². The lowest BCUT2D eigenvalue weighted by molar-refractivity contribution is -0.209. The Balaban J connectivity index is 1.52. The molecule has 0 heterocycles. The highest BCUT2D eigenvalue weighted by molar-refractivity contribution is 5.26. The maximum Gasteiger partial charge on any atom is 0.168 e. The van der Waals surface area contributed by atoms with E-state index >= 15 is 0 Å². The molecule has 31 heavy (non-hydrogen) atoms. The molecule has 0 aromatic rings. The summed E-state index contributed by atoms with van der Waals surface area (Å²) in [5.74, 6) is 3.07. The lowest BCUT2D eigenvalue weighted by Gasteiger charge is -2.59. The Kier molecular flexibility index (Phi) is 6.47. The first-order valence-electron chi connectivity index (χ1n) is 13.2. The van der Waals surface area contributed by atoms with Crippen molar-refractivity contribution in [2.24, 2.45) is 46.3 Å². The van der Waals surface area contributed by atoms with Crippen LogP contribution in [0.2, 0.25) is 0 Å². The van der Waals surface area contributed by atoms with Crippen molar-refractivity contribution in [3.05, 3.63) is 11.6 Å². The molecule has 3 heteroatoms. The zero-order valence-electron chi connectivity index (χ0n) is 21.0. The number of hydrogen-bond acceptors (Lipinski definition) is 3. The van der Waals surface area contributed by atoms with Crippen LogP contribution in [0.5, 0.6) is 0 Å². The summed E-state index contributed by atoms with van der Waals surface area (Å²) in [7, 11) is 1.65. The van der Waals surface area contributed by atoms with E-state index in [1.807, 2.05) is 0 Å². The normalized spacial score (nSPS) is 46.7. The van der Waals surface area contributed by atoms with Gasteiger partial charge in [0.25, 0.3) is 0 Å². The van der Waals surface area contributed by atoms with Gasteiger partial charge >= 0.3 is 0 Å². The first kappa shape index (κ1) is 23.8. The summed E-state index contributed by atoms with van der Waals surface area (Å²) in [6.07, 6.45) is 13.3. The van der Waals surface area contributed by atoms with E-state index in [-0.39, 0.29) is 11.5 Å². The van der Waals surface area contributed by atoms with Crippen LogP contribution in [0.25, 0.3) is 0 Å². The van der Waals surface area contributed by atoms with E-state index in [1.54, 1.807) is 7.11 Å². The van der Waals surface area contributed by atoms with Gasteiger partial charge in [-0.15, -0.1) is 0 Å². The molecule has 0 saturated heterocycles. The second-order valence-electron chi connectivity index (χ2n) is 12.7. The summed E-state index contributed by atoms with van der Waals surface area (Å²) in [4.78, 5) is 0. The molecule has 0 spiro atoms. The second kappa shape index (κ2) is 8.44. The van der Waals surface area contributed by atoms with Gasteiger partial charge in [0.2, 0.25) is 0 Å². The highest BCUT2D eigenvalue weighted by atomic mass is 16.6. The lowest BCUT2D eigenvalue weighted by atomic mass is 9.46. The molecule has 0 bridgehead atoms. The number of aliphatic hydroxyl groups is 2. The zero-order valence-corrected chi connectivity index (χ0v) is 21.0. The standard InChI is InChI=1S/C28H48O3/c1-18(2)7-12-25(29)19(3)22-10-11-23-21-9-8-20-17-28(30,31-6)16-15-26(20,4)24(21)13-14-27(22,23)5/h8,18-19,21-25,29-30H,7,9-17H2,1-6H3/t19-,21-,22+,23-,24-,25-,26-,27+,28?/m0/s1. The fourth-order valence-electron chi connectivity index (χ4n) is 8.73. The largest absolute Gasteiger partial charge is 0.393 e. The molecule has 3 fully saturated rings. The fourth-order valence-corrected chi connectivity index (χ4v) is 8.73. The number of fused-ring (bicyclic) bond motifs is 5. The smallest absolute Gasteiger partial charge is 0.168 e. The van der Waals surface area contributed by atoms with Gasteiger partial charge in [-0.05, 0) is 97.7 Å². The third-order valence-corrected chi connectivity index (χ3v) is 10.9. The third kappa shape index (κ3) is 3.95. The monoisotopic (exact) mass is 432 g/mol. The molecular formula is C28H48O3. The third-order valence-electron chi connectivity index (χ3n) is 10.9. The van der Waals surface area contributed by atoms with Crippen LogP contribution < -0.4 is 0 Å². The van der Waals surface area contributed by atoms with Gasteiger partial charge in [0, 0.05) is 20.0 Å². The Morgan fingerprint density at radius 3 is 2.45 bits per heavy atom. The van der Waals surface area contributed by atoms with Gasteiger partial charge in [0.05, 0.1) is 6.10 Å². The molecule has 0 aromatic heterocycles. The molecule has 4 rings (SSSR count). The Morgan fingerprint density at radius 1 is 1.03 bits per heavy atom. The van der Waals surface area contributed by atoms with E-state index in [0.717, 1.165) is 43.4 Å². The van der Waals surface area contributed by atoms with Crippen molar-refractivity contribution in [3.8, 4) is 0 Å². The van der Waals surface area contributed by atoms with Crippen LogP contribution in [0.4, 0.5) is 0 Å². The summed E-state index contributed by atoms with van der Waals surface area (Å²) >= 11 is 0. The van der Waals surface area contributed by atoms with Crippen LogP contribution in [0.15, 0.2) is 11.6 Å². The molecule has 9 atom stereocenters. The van der Waals surface area contributed by atoms with Gasteiger partial charge in [-0.3, -0.25) is 0 Å². The van der Waals surface area contributed by atoms with Gasteiger partial charge in [-0.2, -0.15) is 0 Å². The first-order chi connectivity index (χ1) is 14.5. The van der Waals surface area contributed by atoms with Crippen LogP contribution >= 0.6 is 0 Å². The van der Waals surface area contributed by atoms with E-state index in [1.165, 1.54) is 37.7 Å². The topological polar surface area (TPSA) is 49.7 Å². The molecule has 3 nitrogen and oxygen atoms in total. The molecule has 4 aliphatic carbocycles. The Morgan fingerprint density at radius 2 is 1.77 bits per heavy atom. The Bertz CT molecular complexity index is 686. The second-order valence-corrected chi connectivity index (χ2v) is 12.7. The van der Waals surface area contributed by atoms with Crippen molar-refractivity contribution >= 4 is 0 Å². The van der Waals surface area contributed by atoms with E-state index in [4.69, 9.17) is 4.74 Å². The molecule has 0 aliphatic heterocycles. The van der Waals surface area contributed by atoms with E-state index in [9.17, 15) is 10.2 Å². The van der Waals surface area contributed by atoms with Gasteiger partial charge in [0.15, 0.2) is 5.79 Å². The minimum atomic E-state index is -0.957. The maximum atomic E-state index is 11.0. The SMILES string of the molecule is COC1(O)CC[C@@]2(C)C(=CC[C@H]3[C@@H]4CC[C@H]([C@H](C)[C@@H](O)CCC(C)C)[C@@]4(C)CC[C@@H]32)C1. The number of aliphatic hydroxyl groups excluding tert-OH is 1. The number of methoxy groups -OCH3 is 1. The molecular weight excluding hydrogens is 384 g/mol. The van der Waals surface area contributed by atoms with Crippen LogP contribution in [0.1, 0.15) is 98.8 Å². The number of ether oxygens (including phenoxy) is 1. The highest BCUT2D eigenvalue weighted by Gasteiger charge is 2.60. The molecule has 4 aliphatic rings. The number of rotatable bonds is 6. The fraction of sp³-hybridized carbons (Fsp3) is 0.929. The van der Waals surface area contributed by atoms with Crippen LogP contribution in [0, 0.1) is 46.3 Å². The van der Waals surface area contributed by atoms with Gasteiger partial charge in [0.1, 0.15) is 0 Å². The van der Waals surface area contributed by atoms with Crippen molar-refractivity contribution in [2.75, 3.05) is 7.11 Å². The highest BCUT2D eigenvalue weighted by Crippen LogP contribution is 2.67. The molecule has 3 saturated carbocycles. The summed E-state index contributed by atoms with van der Waals surface area (Å²) in [5.41, 5.74) is 2.07. The summed E-state index contributed by atoms with van der Waals surface area (Å²) in [5, 5.41) is 21.7. The Labute approximate surface area is 191 Å². The van der Waals surface area contributed by atoms with E-state index in [2.05, 4.69) is 40.7 Å². The van der Waals surface area contributed by atoms with E-state index in [0.29, 0.717) is 29.6 Å². The quantitative estimate of drug-likeness (QED) is 0.381. The van der Waals surface area contributed by atoms with Gasteiger partial charge in [-0.25, -0.2) is 0 Å². The van der Waals surface area contributed by atoms with Crippen molar-refractivity contribution in [2.45, 2.75) is 111 Å². The van der Waals surface area contributed by atoms with Crippen molar-refractivity contribution in [3.63, 3.8) is 0 Å². The average molecular weight is 433 g/mol. The molecule has 178 valence electrons. The van der Waals surface area contributed by atoms with Crippen molar-refractivity contribution < 1.29 is 14.9 Å². The van der Waals surface area contributed by atoms with Gasteiger partial charge < -0.3 is 14.9 Å². The van der Waals surface area contributed by atoms with Gasteiger partial charge in [-0.1, -0.05) is 46.3 Å². The molecule has 0 radical (unpaired) electrons. The minimum Gasteiger partial charge on any atom is -0.393 e. The number of hydrogen-bond donors (Lipinski definition) is 2. The summed E-state index contributed by atoms with van der Waals surface area (Å²) < 4.78 is 5.48. The first-order valence-corrected chi connectivity index (χ1v) is 13.2. The van der Waals surface area contributed by atoms with Crippen LogP contribution in [-0.2, 0) is 4.74 Å². The van der Waals surface area contributed by atoms with Crippen LogP contribution in [-0.4, -0.2) is 29.2 Å². The lowest BCUT2D eigenvalue weighted by Crippen LogP contribution is -2.53. The molecule has 1 unspecified atom stereocenters. The predicted octanol–water partition coefficient (Wildman–Crippen LogP) is 6.33. The maximum absolute atomic E-state index is 11.0. The van der Waals surface area contributed by atoms with Crippen LogP contribution in [0.3, 0.4) is 0 Å². The summed E-state index contributed by atoms with van der Waals surface area (Å²) in [6, 6.07) is 0. The summed E-state index contributed by atoms with van der Waals surface area (Å²) in [6.45, 7) is 11.9. The molecule has 2 N–H and O–H groups in total. The average Bonchev–Trinajstić information content (AvgIpc) is 3.09. The van der Waals surface area contributed by atoms with Crippen molar-refractivity contribution in [1.82, 2.24) is 0 Å². The molecule has 0 aromatic carbocycles. The Hall–Kier alpha value is -0.380. The molecule has 0 amide bonds. The number of allylic oxidation sites excluding steroid dienone is 1.